The van der Waals surface area contributed by atoms with E-state index in [1.54, 1.807) is 11.1 Å². The molecule has 6 heteroatoms. The molecule has 6 nitrogen and oxygen atoms in total. The van der Waals surface area contributed by atoms with Crippen LogP contribution in [-0.2, 0) is 6.42 Å². The van der Waals surface area contributed by atoms with Gasteiger partial charge in [-0.25, -0.2) is 4.98 Å². The molecule has 1 N–H and O–H groups in total. The Bertz CT molecular complexity index is 793. The van der Waals surface area contributed by atoms with Gasteiger partial charge in [-0.15, -0.1) is 0 Å². The summed E-state index contributed by atoms with van der Waals surface area (Å²) < 4.78 is 5.96. The SMILES string of the molecule is Cc1cnc(C(=O)N2C[C@@H]3COc4ccccc4C[C@]3(CO)C2)cn1. The van der Waals surface area contributed by atoms with Crippen LogP contribution in [0, 0.1) is 18.3 Å². The number of rotatable bonds is 2. The Morgan fingerprint density at radius 3 is 2.96 bits per heavy atom. The third kappa shape index (κ3) is 2.76. The topological polar surface area (TPSA) is 75.6 Å². The third-order valence-electron chi connectivity index (χ3n) is 5.37. The lowest BCUT2D eigenvalue weighted by molar-refractivity contribution is 0.0690. The first-order valence-corrected chi connectivity index (χ1v) is 8.51. The second kappa shape index (κ2) is 6.11. The van der Waals surface area contributed by atoms with E-state index in [1.807, 2.05) is 31.2 Å². The van der Waals surface area contributed by atoms with Crippen molar-refractivity contribution in [2.45, 2.75) is 13.3 Å². The number of aryl methyl sites for hydroxylation is 1. The highest BCUT2D eigenvalue weighted by atomic mass is 16.5. The lowest BCUT2D eigenvalue weighted by Crippen LogP contribution is -2.38. The molecular formula is C19H21N3O3. The summed E-state index contributed by atoms with van der Waals surface area (Å²) in [5.41, 5.74) is 1.83. The van der Waals surface area contributed by atoms with Crippen LogP contribution in [0.25, 0.3) is 0 Å². The van der Waals surface area contributed by atoms with Crippen LogP contribution in [0.1, 0.15) is 21.7 Å². The van der Waals surface area contributed by atoms with Crippen LogP contribution < -0.4 is 4.74 Å². The second-order valence-electron chi connectivity index (χ2n) is 7.04. The van der Waals surface area contributed by atoms with Crippen LogP contribution in [-0.4, -0.2) is 52.2 Å². The molecular weight excluding hydrogens is 318 g/mol. The molecule has 2 aromatic rings. The zero-order chi connectivity index (χ0) is 17.4. The molecule has 0 unspecified atom stereocenters. The summed E-state index contributed by atoms with van der Waals surface area (Å²) >= 11 is 0. The standard InChI is InChI=1S/C19H21N3O3/c1-13-7-21-16(8-20-13)18(24)22-9-15-10-25-17-5-3-2-4-14(17)6-19(15,11-22)12-23/h2-5,7-8,15,23H,6,9-12H2,1H3/t15-,19-/m1/s1. The number of nitrogens with zero attached hydrogens (tertiary/aromatic N) is 3. The molecule has 25 heavy (non-hydrogen) atoms. The maximum Gasteiger partial charge on any atom is 0.274 e. The number of carbonyl (C=O) groups excluding carboxylic acids is 1. The fourth-order valence-corrected chi connectivity index (χ4v) is 3.88. The van der Waals surface area contributed by atoms with Crippen molar-refractivity contribution in [2.24, 2.45) is 11.3 Å². The largest absolute Gasteiger partial charge is 0.493 e. The molecule has 0 aliphatic carbocycles. The quantitative estimate of drug-likeness (QED) is 0.897. The van der Waals surface area contributed by atoms with Gasteiger partial charge in [0.2, 0.25) is 0 Å². The number of para-hydroxylation sites is 1. The molecule has 0 saturated carbocycles. The molecule has 2 atom stereocenters. The van der Waals surface area contributed by atoms with Crippen LogP contribution in [0.15, 0.2) is 36.7 Å². The molecule has 1 aromatic carbocycles. The summed E-state index contributed by atoms with van der Waals surface area (Å²) in [7, 11) is 0. The maximum absolute atomic E-state index is 12.8. The third-order valence-corrected chi connectivity index (χ3v) is 5.37. The van der Waals surface area contributed by atoms with Crippen molar-refractivity contribution >= 4 is 5.91 Å². The highest BCUT2D eigenvalue weighted by Crippen LogP contribution is 2.43. The van der Waals surface area contributed by atoms with Crippen LogP contribution in [0.5, 0.6) is 5.75 Å². The number of likely N-dealkylation sites (tertiary alicyclic amines) is 1. The highest BCUT2D eigenvalue weighted by molar-refractivity contribution is 5.92. The van der Waals surface area contributed by atoms with E-state index in [0.29, 0.717) is 31.8 Å². The molecule has 0 spiro atoms. The first-order valence-electron chi connectivity index (χ1n) is 8.51. The molecule has 0 radical (unpaired) electrons. The molecule has 1 aromatic heterocycles. The number of aliphatic hydroxyl groups excluding tert-OH is 1. The molecule has 0 bridgehead atoms. The van der Waals surface area contributed by atoms with E-state index < -0.39 is 0 Å². The molecule has 2 aliphatic heterocycles. The van der Waals surface area contributed by atoms with Gasteiger partial charge in [0.05, 0.1) is 25.1 Å². The van der Waals surface area contributed by atoms with Gasteiger partial charge in [-0.1, -0.05) is 18.2 Å². The minimum atomic E-state index is -0.375. The fourth-order valence-electron chi connectivity index (χ4n) is 3.88. The van der Waals surface area contributed by atoms with Gasteiger partial charge in [0.15, 0.2) is 0 Å². The lowest BCUT2D eigenvalue weighted by atomic mass is 9.75. The molecule has 2 aliphatic rings. The van der Waals surface area contributed by atoms with Crippen LogP contribution in [0.3, 0.4) is 0 Å². The van der Waals surface area contributed by atoms with E-state index >= 15 is 0 Å². The predicted octanol–water partition coefficient (Wildman–Crippen LogP) is 1.47. The summed E-state index contributed by atoms with van der Waals surface area (Å²) in [4.78, 5) is 22.9. The predicted molar refractivity (Wildman–Crippen MR) is 91.3 cm³/mol. The van der Waals surface area contributed by atoms with Crippen molar-refractivity contribution < 1.29 is 14.6 Å². The van der Waals surface area contributed by atoms with Gasteiger partial charge in [0.1, 0.15) is 11.4 Å². The highest BCUT2D eigenvalue weighted by Gasteiger charge is 2.49. The number of aliphatic hydroxyl groups is 1. The monoisotopic (exact) mass is 339 g/mol. The molecule has 1 fully saturated rings. The minimum absolute atomic E-state index is 0.0265. The van der Waals surface area contributed by atoms with Crippen LogP contribution in [0.2, 0.25) is 0 Å². The van der Waals surface area contributed by atoms with Gasteiger partial charge < -0.3 is 14.7 Å². The number of hydrogen-bond donors (Lipinski definition) is 1. The van der Waals surface area contributed by atoms with Gasteiger partial charge in [-0.3, -0.25) is 9.78 Å². The van der Waals surface area contributed by atoms with Gasteiger partial charge in [0.25, 0.3) is 5.91 Å². The second-order valence-corrected chi connectivity index (χ2v) is 7.04. The number of fused-ring (bicyclic) bond motifs is 2. The van der Waals surface area contributed by atoms with Gasteiger partial charge >= 0.3 is 0 Å². The zero-order valence-electron chi connectivity index (χ0n) is 14.2. The summed E-state index contributed by atoms with van der Waals surface area (Å²) in [5, 5.41) is 10.2. The average Bonchev–Trinajstić information content (AvgIpc) is 2.92. The van der Waals surface area contributed by atoms with Crippen molar-refractivity contribution in [1.82, 2.24) is 14.9 Å². The molecule has 1 amide bonds. The van der Waals surface area contributed by atoms with Gasteiger partial charge in [-0.2, -0.15) is 0 Å². The van der Waals surface area contributed by atoms with Gasteiger partial charge in [-0.05, 0) is 25.0 Å². The van der Waals surface area contributed by atoms with E-state index in [4.69, 9.17) is 4.74 Å². The molecule has 130 valence electrons. The number of amides is 1. The molecule has 1 saturated heterocycles. The lowest BCUT2D eigenvalue weighted by Gasteiger charge is -2.30. The van der Waals surface area contributed by atoms with Crippen molar-refractivity contribution in [3.05, 3.63) is 53.6 Å². The zero-order valence-corrected chi connectivity index (χ0v) is 14.2. The maximum atomic E-state index is 12.8. The Hall–Kier alpha value is -2.47. The summed E-state index contributed by atoms with van der Waals surface area (Å²) in [6, 6.07) is 7.93. The number of benzene rings is 1. The number of carbonyl (C=O) groups is 1. The first kappa shape index (κ1) is 16.0. The Morgan fingerprint density at radius 2 is 2.20 bits per heavy atom. The fraction of sp³-hybridized carbons (Fsp3) is 0.421. The van der Waals surface area contributed by atoms with Crippen LogP contribution in [0.4, 0.5) is 0 Å². The number of aromatic nitrogens is 2. The summed E-state index contributed by atoms with van der Waals surface area (Å²) in [5.74, 6) is 0.834. The van der Waals surface area contributed by atoms with Crippen LogP contribution >= 0.6 is 0 Å². The van der Waals surface area contributed by atoms with Crippen molar-refractivity contribution in [3.63, 3.8) is 0 Å². The minimum Gasteiger partial charge on any atom is -0.493 e. The average molecular weight is 339 g/mol. The Kier molecular flexibility index (Phi) is 3.92. The molecule has 4 rings (SSSR count). The summed E-state index contributed by atoms with van der Waals surface area (Å²) in [6.07, 6.45) is 3.82. The van der Waals surface area contributed by atoms with Crippen molar-refractivity contribution in [1.29, 1.82) is 0 Å². The van der Waals surface area contributed by atoms with E-state index in [9.17, 15) is 9.90 Å². The van der Waals surface area contributed by atoms with Gasteiger partial charge in [0, 0.05) is 30.6 Å². The number of hydrogen-bond acceptors (Lipinski definition) is 5. The van der Waals surface area contributed by atoms with E-state index in [-0.39, 0.29) is 23.8 Å². The number of ether oxygens (including phenoxy) is 1. The Balaban J connectivity index is 1.60. The Labute approximate surface area is 146 Å². The van der Waals surface area contributed by atoms with Crippen molar-refractivity contribution in [2.75, 3.05) is 26.3 Å². The first-order chi connectivity index (χ1) is 12.1. The Morgan fingerprint density at radius 1 is 1.36 bits per heavy atom. The molecule has 3 heterocycles. The van der Waals surface area contributed by atoms with E-state index in [0.717, 1.165) is 17.0 Å². The van der Waals surface area contributed by atoms with Crippen molar-refractivity contribution in [3.8, 4) is 5.75 Å². The smallest absolute Gasteiger partial charge is 0.274 e. The summed E-state index contributed by atoms with van der Waals surface area (Å²) in [6.45, 7) is 3.42. The normalized spacial score (nSPS) is 24.9. The van der Waals surface area contributed by atoms with E-state index in [1.165, 1.54) is 6.20 Å². The van der Waals surface area contributed by atoms with E-state index in [2.05, 4.69) is 9.97 Å².